The van der Waals surface area contributed by atoms with E-state index in [1.54, 1.807) is 0 Å². The first-order valence-corrected chi connectivity index (χ1v) is 8.10. The Hall–Kier alpha value is 0.450. The van der Waals surface area contributed by atoms with Gasteiger partial charge in [0.1, 0.15) is 0 Å². The van der Waals surface area contributed by atoms with Gasteiger partial charge in [0.05, 0.1) is 5.75 Å². The molecule has 7 heteroatoms. The third-order valence-corrected chi connectivity index (χ3v) is 8.36. The van der Waals surface area contributed by atoms with Crippen LogP contribution in [0.2, 0.25) is 0 Å². The lowest BCUT2D eigenvalue weighted by atomic mass is 9.68. The Morgan fingerprint density at radius 3 is 2.53 bits per heavy atom. The lowest BCUT2D eigenvalue weighted by molar-refractivity contribution is 0.0704. The summed E-state index contributed by atoms with van der Waals surface area (Å²) in [6, 6.07) is 0. The quantitative estimate of drug-likeness (QED) is 0.507. The first-order chi connectivity index (χ1) is 7.64. The zero-order valence-electron chi connectivity index (χ0n) is 9.53. The number of alkyl halides is 2. The normalized spacial score (nSPS) is 58.8. The summed E-state index contributed by atoms with van der Waals surface area (Å²) in [6.07, 6.45) is 1.69. The first-order valence-electron chi connectivity index (χ1n) is 5.74. The van der Waals surface area contributed by atoms with Gasteiger partial charge in [0, 0.05) is 11.3 Å². The molecular weight excluding hydrogens is 285 g/mol. The molecule has 0 aromatic carbocycles. The molecule has 0 radical (unpaired) electrons. The number of fused-ring (bicyclic) bond motifs is 1. The molecule has 0 amide bonds. The van der Waals surface area contributed by atoms with E-state index in [1.165, 1.54) is 0 Å². The molecule has 1 unspecified atom stereocenters. The van der Waals surface area contributed by atoms with E-state index < -0.39 is 25.5 Å². The second-order valence-corrected chi connectivity index (χ2v) is 9.41. The van der Waals surface area contributed by atoms with Gasteiger partial charge in [-0.3, -0.25) is 4.84 Å². The fourth-order valence-electron chi connectivity index (χ4n) is 4.73. The molecule has 2 heterocycles. The van der Waals surface area contributed by atoms with Crippen LogP contribution in [0.4, 0.5) is 0 Å². The summed E-state index contributed by atoms with van der Waals surface area (Å²) in [5.41, 5.74) is -1.66. The summed E-state index contributed by atoms with van der Waals surface area (Å²) >= 11 is 13.0. The van der Waals surface area contributed by atoms with Crippen molar-refractivity contribution in [2.45, 2.75) is 36.7 Å². The summed E-state index contributed by atoms with van der Waals surface area (Å²) in [7, 11) is -3.36. The number of halogens is 2. The van der Waals surface area contributed by atoms with Crippen LogP contribution >= 0.6 is 23.2 Å². The topological polar surface area (TPSA) is 49.7 Å². The third-order valence-electron chi connectivity index (χ3n) is 5.62. The van der Waals surface area contributed by atoms with E-state index in [2.05, 4.69) is 13.8 Å². The molecule has 0 N–H and O–H groups in total. The second-order valence-electron chi connectivity index (χ2n) is 6.24. The van der Waals surface area contributed by atoms with Crippen LogP contribution < -0.4 is 0 Å². The Balaban J connectivity index is 2.05. The molecule has 2 bridgehead atoms. The van der Waals surface area contributed by atoms with Crippen molar-refractivity contribution < 1.29 is 13.3 Å². The predicted molar refractivity (Wildman–Crippen MR) is 62.8 cm³/mol. The number of hydrogen-bond acceptors (Lipinski definition) is 3. The van der Waals surface area contributed by atoms with Gasteiger partial charge in [-0.25, -0.2) is 8.42 Å². The maximum Gasteiger partial charge on any atom is 0.239 e. The number of nitrogens with zero attached hydrogens (tertiary/aromatic N) is 1. The number of hydroxylamine groups is 1. The molecule has 2 aliphatic carbocycles. The highest BCUT2D eigenvalue weighted by molar-refractivity contribution is 7.89. The number of rotatable bonds is 0. The Bertz CT molecular complexity index is 538. The summed E-state index contributed by atoms with van der Waals surface area (Å²) in [5, 5.41) is 0. The molecule has 2 saturated heterocycles. The minimum absolute atomic E-state index is 0.0823. The fraction of sp³-hybridized carbons (Fsp3) is 1.00. The van der Waals surface area contributed by atoms with Gasteiger partial charge in [-0.15, -0.1) is 0 Å². The average molecular weight is 298 g/mol. The summed E-state index contributed by atoms with van der Waals surface area (Å²) in [6.45, 7) is 4.14. The largest absolute Gasteiger partial charge is 0.251 e. The second kappa shape index (κ2) is 2.40. The monoisotopic (exact) mass is 297 g/mol. The van der Waals surface area contributed by atoms with Crippen LogP contribution in [0.3, 0.4) is 0 Å². The molecular formula is C10H13Cl2NO3S. The third kappa shape index (κ3) is 0.778. The maximum absolute atomic E-state index is 12.1. The molecule has 4 rings (SSSR count). The lowest BCUT2D eigenvalue weighted by Crippen LogP contribution is -2.48. The van der Waals surface area contributed by atoms with Crippen LogP contribution in [0.1, 0.15) is 26.7 Å². The number of sulfonamides is 1. The van der Waals surface area contributed by atoms with Gasteiger partial charge in [0.15, 0.2) is 4.33 Å². The summed E-state index contributed by atoms with van der Waals surface area (Å²) in [5.74, 6) is 0.198. The molecule has 2 aliphatic heterocycles. The van der Waals surface area contributed by atoms with Crippen LogP contribution in [0, 0.1) is 16.7 Å². The van der Waals surface area contributed by atoms with E-state index in [-0.39, 0.29) is 17.1 Å². The van der Waals surface area contributed by atoms with Crippen molar-refractivity contribution in [3.63, 3.8) is 0 Å². The van der Waals surface area contributed by atoms with E-state index >= 15 is 0 Å². The fourth-order valence-corrected chi connectivity index (χ4v) is 8.56. The minimum atomic E-state index is -3.36. The predicted octanol–water partition coefficient (Wildman–Crippen LogP) is 1.88. The van der Waals surface area contributed by atoms with E-state index in [0.29, 0.717) is 0 Å². The van der Waals surface area contributed by atoms with Crippen molar-refractivity contribution >= 4 is 33.2 Å². The Morgan fingerprint density at radius 1 is 1.35 bits per heavy atom. The van der Waals surface area contributed by atoms with Crippen LogP contribution in [-0.2, 0) is 14.9 Å². The highest BCUT2D eigenvalue weighted by atomic mass is 35.5. The van der Waals surface area contributed by atoms with Gasteiger partial charge in [0.2, 0.25) is 15.7 Å². The van der Waals surface area contributed by atoms with E-state index in [9.17, 15) is 8.42 Å². The molecule has 4 atom stereocenters. The molecule has 2 spiro atoms. The lowest BCUT2D eigenvalue weighted by Gasteiger charge is -2.36. The molecule has 96 valence electrons. The average Bonchev–Trinajstić information content (AvgIpc) is 2.78. The summed E-state index contributed by atoms with van der Waals surface area (Å²) < 4.78 is 24.1. The van der Waals surface area contributed by atoms with E-state index in [0.717, 1.165) is 17.3 Å². The maximum atomic E-state index is 12.1. The van der Waals surface area contributed by atoms with Crippen LogP contribution in [0.5, 0.6) is 0 Å². The van der Waals surface area contributed by atoms with Crippen LogP contribution in [0.25, 0.3) is 0 Å². The van der Waals surface area contributed by atoms with Crippen molar-refractivity contribution in [1.29, 1.82) is 0 Å². The Kier molecular flexibility index (Phi) is 1.59. The first kappa shape index (κ1) is 11.3. The van der Waals surface area contributed by atoms with Gasteiger partial charge in [-0.1, -0.05) is 37.0 Å². The standard InChI is InChI=1S/C10H13Cl2NO3S/c1-7(2)6-3-4-8(7)5-17(14,15)13-10(8,16-13)9(6,11)12/h6H,3-5H2,1-2H3/t6-,8+,10+,13?/m0/s1. The molecule has 2 saturated carbocycles. The van der Waals surface area contributed by atoms with Gasteiger partial charge in [-0.05, 0) is 22.7 Å². The van der Waals surface area contributed by atoms with Gasteiger partial charge < -0.3 is 0 Å². The molecule has 4 fully saturated rings. The Morgan fingerprint density at radius 2 is 2.00 bits per heavy atom. The molecule has 4 nitrogen and oxygen atoms in total. The smallest absolute Gasteiger partial charge is 0.239 e. The molecule has 4 aliphatic rings. The molecule has 17 heavy (non-hydrogen) atoms. The van der Waals surface area contributed by atoms with Crippen molar-refractivity contribution in [2.24, 2.45) is 16.7 Å². The van der Waals surface area contributed by atoms with Crippen molar-refractivity contribution in [3.05, 3.63) is 0 Å². The number of hydrogen-bond donors (Lipinski definition) is 0. The zero-order valence-corrected chi connectivity index (χ0v) is 11.9. The zero-order chi connectivity index (χ0) is 12.5. The molecule has 0 aromatic rings. The Labute approximate surface area is 110 Å². The van der Waals surface area contributed by atoms with Gasteiger partial charge in [0.25, 0.3) is 0 Å². The minimum Gasteiger partial charge on any atom is -0.251 e. The van der Waals surface area contributed by atoms with Gasteiger partial charge in [-0.2, -0.15) is 0 Å². The van der Waals surface area contributed by atoms with E-state index in [4.69, 9.17) is 28.0 Å². The SMILES string of the molecule is CC1(C)[C@@H]2CC[C@@]13CS(=O)(=O)N1O[C@]13C2(Cl)Cl. The highest BCUT2D eigenvalue weighted by Crippen LogP contribution is 2.85. The van der Waals surface area contributed by atoms with Gasteiger partial charge >= 0.3 is 0 Å². The van der Waals surface area contributed by atoms with Crippen molar-refractivity contribution in [2.75, 3.05) is 5.75 Å². The van der Waals surface area contributed by atoms with Crippen LogP contribution in [-0.4, -0.2) is 28.7 Å². The molecule has 0 aromatic heterocycles. The summed E-state index contributed by atoms with van der Waals surface area (Å²) in [4.78, 5) is 5.44. The van der Waals surface area contributed by atoms with Crippen molar-refractivity contribution in [3.8, 4) is 0 Å². The highest BCUT2D eigenvalue weighted by Gasteiger charge is 2.97. The van der Waals surface area contributed by atoms with Crippen LogP contribution in [0.15, 0.2) is 0 Å². The van der Waals surface area contributed by atoms with E-state index in [1.807, 2.05) is 0 Å². The van der Waals surface area contributed by atoms with Crippen molar-refractivity contribution in [1.82, 2.24) is 4.47 Å².